The second-order valence-corrected chi connectivity index (χ2v) is 6.09. The van der Waals surface area contributed by atoms with Crippen LogP contribution < -0.4 is 4.74 Å². The molecule has 0 aromatic heterocycles. The fourth-order valence-electron chi connectivity index (χ4n) is 3.42. The summed E-state index contributed by atoms with van der Waals surface area (Å²) in [6.07, 6.45) is 2.08. The van der Waals surface area contributed by atoms with Crippen LogP contribution in [0.5, 0.6) is 5.75 Å². The highest BCUT2D eigenvalue weighted by Crippen LogP contribution is 2.59. The molecule has 118 valence electrons. The second-order valence-electron chi connectivity index (χ2n) is 6.09. The van der Waals surface area contributed by atoms with E-state index in [0.717, 1.165) is 0 Å². The molecule has 1 N–H and O–H groups in total. The maximum Gasteiger partial charge on any atom is 0.307 e. The van der Waals surface area contributed by atoms with Gasteiger partial charge in [-0.2, -0.15) is 0 Å². The number of carbonyl (C=O) groups excluding carboxylic acids is 1. The molecule has 1 amide bonds. The minimum Gasteiger partial charge on any atom is -0.496 e. The molecule has 1 aromatic rings. The highest BCUT2D eigenvalue weighted by Gasteiger charge is 2.59. The summed E-state index contributed by atoms with van der Waals surface area (Å²) in [6.45, 7) is 1.00. The van der Waals surface area contributed by atoms with Crippen LogP contribution in [0, 0.1) is 17.2 Å². The van der Waals surface area contributed by atoms with Gasteiger partial charge in [0.1, 0.15) is 11.6 Å². The van der Waals surface area contributed by atoms with E-state index in [9.17, 15) is 14.0 Å². The molecule has 1 heterocycles. The first-order valence-corrected chi connectivity index (χ1v) is 7.32. The summed E-state index contributed by atoms with van der Waals surface area (Å²) in [6, 6.07) is 3.88. The molecule has 1 spiro atoms. The second kappa shape index (κ2) is 5.26. The third-order valence-electron chi connectivity index (χ3n) is 4.93. The maximum atomic E-state index is 13.4. The number of aliphatic carboxylic acids is 1. The number of benzene rings is 1. The number of hydrogen-bond donors (Lipinski definition) is 1. The largest absolute Gasteiger partial charge is 0.496 e. The van der Waals surface area contributed by atoms with E-state index in [2.05, 4.69) is 0 Å². The SMILES string of the molecule is COc1ccc(F)cc1C(=O)N1CCC2(CC1)CC2C(=O)O. The van der Waals surface area contributed by atoms with Crippen LogP contribution in [-0.2, 0) is 4.79 Å². The predicted octanol–water partition coefficient (Wildman–Crippen LogP) is 2.16. The fourth-order valence-corrected chi connectivity index (χ4v) is 3.42. The van der Waals surface area contributed by atoms with Crippen LogP contribution in [0.2, 0.25) is 0 Å². The summed E-state index contributed by atoms with van der Waals surface area (Å²) >= 11 is 0. The number of carbonyl (C=O) groups is 2. The first kappa shape index (κ1) is 14.8. The van der Waals surface area contributed by atoms with E-state index in [1.54, 1.807) is 4.90 Å². The van der Waals surface area contributed by atoms with Crippen LogP contribution in [0.25, 0.3) is 0 Å². The lowest BCUT2D eigenvalue weighted by Crippen LogP contribution is -2.40. The Hall–Kier alpha value is -2.11. The number of amides is 1. The van der Waals surface area contributed by atoms with Gasteiger partial charge in [-0.1, -0.05) is 0 Å². The smallest absolute Gasteiger partial charge is 0.307 e. The summed E-state index contributed by atoms with van der Waals surface area (Å²) in [5.74, 6) is -1.41. The summed E-state index contributed by atoms with van der Waals surface area (Å²) in [7, 11) is 1.44. The molecule has 1 aliphatic heterocycles. The molecular formula is C16H18FNO4. The molecular weight excluding hydrogens is 289 g/mol. The Kier molecular flexibility index (Phi) is 3.54. The van der Waals surface area contributed by atoms with Crippen molar-refractivity contribution < 1.29 is 23.8 Å². The van der Waals surface area contributed by atoms with Gasteiger partial charge in [-0.15, -0.1) is 0 Å². The van der Waals surface area contributed by atoms with E-state index >= 15 is 0 Å². The molecule has 1 aromatic carbocycles. The average Bonchev–Trinajstić information content (AvgIpc) is 3.21. The Morgan fingerprint density at radius 1 is 1.36 bits per heavy atom. The summed E-state index contributed by atoms with van der Waals surface area (Å²) in [5.41, 5.74) is 0.0817. The molecule has 0 radical (unpaired) electrons. The standard InChI is InChI=1S/C16H18FNO4/c1-22-13-3-2-10(17)8-11(13)14(19)18-6-4-16(5-7-18)9-12(16)15(20)21/h2-3,8,12H,4-7,9H2,1H3,(H,20,21). The zero-order chi connectivity index (χ0) is 15.9. The number of rotatable bonds is 3. The minimum atomic E-state index is -0.744. The molecule has 1 unspecified atom stereocenters. The monoisotopic (exact) mass is 307 g/mol. The van der Waals surface area contributed by atoms with E-state index < -0.39 is 11.8 Å². The van der Waals surface area contributed by atoms with Crippen molar-refractivity contribution in [2.75, 3.05) is 20.2 Å². The fraction of sp³-hybridized carbons (Fsp3) is 0.500. The van der Waals surface area contributed by atoms with Gasteiger partial charge in [0.05, 0.1) is 18.6 Å². The molecule has 2 fully saturated rings. The Morgan fingerprint density at radius 3 is 2.59 bits per heavy atom. The van der Waals surface area contributed by atoms with Gasteiger partial charge >= 0.3 is 5.97 Å². The molecule has 1 aliphatic carbocycles. The highest BCUT2D eigenvalue weighted by molar-refractivity contribution is 5.97. The zero-order valence-corrected chi connectivity index (χ0v) is 12.3. The molecule has 5 nitrogen and oxygen atoms in total. The van der Waals surface area contributed by atoms with Crippen molar-refractivity contribution in [3.05, 3.63) is 29.6 Å². The van der Waals surface area contributed by atoms with Crippen LogP contribution in [0.15, 0.2) is 18.2 Å². The topological polar surface area (TPSA) is 66.8 Å². The van der Waals surface area contributed by atoms with Crippen LogP contribution >= 0.6 is 0 Å². The quantitative estimate of drug-likeness (QED) is 0.929. The minimum absolute atomic E-state index is 0.130. The van der Waals surface area contributed by atoms with Crippen molar-refractivity contribution in [2.24, 2.45) is 11.3 Å². The third kappa shape index (κ3) is 2.42. The van der Waals surface area contributed by atoms with Crippen LogP contribution in [0.4, 0.5) is 4.39 Å². The first-order chi connectivity index (χ1) is 10.5. The molecule has 0 bridgehead atoms. The van der Waals surface area contributed by atoms with Crippen LogP contribution in [0.1, 0.15) is 29.6 Å². The van der Waals surface area contributed by atoms with Gasteiger partial charge < -0.3 is 14.7 Å². The third-order valence-corrected chi connectivity index (χ3v) is 4.93. The van der Waals surface area contributed by atoms with Crippen molar-refractivity contribution >= 4 is 11.9 Å². The Balaban J connectivity index is 1.71. The lowest BCUT2D eigenvalue weighted by molar-refractivity contribution is -0.139. The number of hydrogen-bond acceptors (Lipinski definition) is 3. The van der Waals surface area contributed by atoms with Crippen molar-refractivity contribution in [2.45, 2.75) is 19.3 Å². The number of nitrogens with zero attached hydrogens (tertiary/aromatic N) is 1. The van der Waals surface area contributed by atoms with Crippen LogP contribution in [-0.4, -0.2) is 42.1 Å². The van der Waals surface area contributed by atoms with Gasteiger partial charge in [-0.05, 0) is 42.9 Å². The molecule has 1 saturated heterocycles. The highest BCUT2D eigenvalue weighted by atomic mass is 19.1. The lowest BCUT2D eigenvalue weighted by atomic mass is 9.90. The summed E-state index contributed by atoms with van der Waals surface area (Å²) in [5, 5.41) is 9.08. The molecule has 2 aliphatic rings. The van der Waals surface area contributed by atoms with Crippen molar-refractivity contribution in [1.29, 1.82) is 0 Å². The van der Waals surface area contributed by atoms with E-state index in [4.69, 9.17) is 9.84 Å². The van der Waals surface area contributed by atoms with Crippen molar-refractivity contribution in [3.8, 4) is 5.75 Å². The van der Waals surface area contributed by atoms with Gasteiger partial charge in [-0.25, -0.2) is 4.39 Å². The molecule has 1 saturated carbocycles. The normalized spacial score (nSPS) is 22.5. The van der Waals surface area contributed by atoms with Gasteiger partial charge in [-0.3, -0.25) is 9.59 Å². The van der Waals surface area contributed by atoms with Gasteiger partial charge in [0.25, 0.3) is 5.91 Å². The summed E-state index contributed by atoms with van der Waals surface area (Å²) in [4.78, 5) is 25.2. The summed E-state index contributed by atoms with van der Waals surface area (Å²) < 4.78 is 18.5. The number of likely N-dealkylation sites (tertiary alicyclic amines) is 1. The first-order valence-electron chi connectivity index (χ1n) is 7.32. The van der Waals surface area contributed by atoms with E-state index in [-0.39, 0.29) is 22.8 Å². The number of carboxylic acids is 1. The van der Waals surface area contributed by atoms with Crippen LogP contribution in [0.3, 0.4) is 0 Å². The van der Waals surface area contributed by atoms with Gasteiger partial charge in [0, 0.05) is 13.1 Å². The number of piperidine rings is 1. The molecule has 6 heteroatoms. The Bertz CT molecular complexity index is 623. The lowest BCUT2D eigenvalue weighted by Gasteiger charge is -2.33. The number of carboxylic acid groups (broad SMARTS) is 1. The van der Waals surface area contributed by atoms with E-state index in [1.165, 1.54) is 25.3 Å². The molecule has 3 rings (SSSR count). The van der Waals surface area contributed by atoms with E-state index in [1.807, 2.05) is 0 Å². The number of methoxy groups -OCH3 is 1. The Labute approximate surface area is 127 Å². The van der Waals surface area contributed by atoms with Crippen molar-refractivity contribution in [1.82, 2.24) is 4.90 Å². The molecule has 22 heavy (non-hydrogen) atoms. The van der Waals surface area contributed by atoms with Gasteiger partial charge in [0.2, 0.25) is 0 Å². The van der Waals surface area contributed by atoms with Gasteiger partial charge in [0.15, 0.2) is 0 Å². The Morgan fingerprint density at radius 2 is 2.05 bits per heavy atom. The van der Waals surface area contributed by atoms with E-state index in [0.29, 0.717) is 38.1 Å². The zero-order valence-electron chi connectivity index (χ0n) is 12.3. The average molecular weight is 307 g/mol. The van der Waals surface area contributed by atoms with Crippen molar-refractivity contribution in [3.63, 3.8) is 0 Å². The molecule has 1 atom stereocenters. The number of ether oxygens (including phenoxy) is 1. The maximum absolute atomic E-state index is 13.4. The number of halogens is 1. The predicted molar refractivity (Wildman–Crippen MR) is 76.3 cm³/mol.